The first-order valence-electron chi connectivity index (χ1n) is 7.76. The zero-order chi connectivity index (χ0) is 15.9. The highest BCUT2D eigenvalue weighted by Gasteiger charge is 2.14. The van der Waals surface area contributed by atoms with E-state index in [4.69, 9.17) is 4.98 Å². The molecule has 22 heavy (non-hydrogen) atoms. The molecule has 114 valence electrons. The third-order valence-electron chi connectivity index (χ3n) is 4.47. The van der Waals surface area contributed by atoms with Crippen LogP contribution < -0.4 is 5.32 Å². The third kappa shape index (κ3) is 2.37. The van der Waals surface area contributed by atoms with Gasteiger partial charge in [-0.2, -0.15) is 0 Å². The van der Waals surface area contributed by atoms with E-state index in [0.717, 1.165) is 17.0 Å². The predicted molar refractivity (Wildman–Crippen MR) is 92.6 cm³/mol. The summed E-state index contributed by atoms with van der Waals surface area (Å²) in [5, 5.41) is 3.64. The Morgan fingerprint density at radius 2 is 1.68 bits per heavy atom. The van der Waals surface area contributed by atoms with Crippen molar-refractivity contribution in [2.75, 3.05) is 5.32 Å². The minimum Gasteiger partial charge on any atom is -0.375 e. The van der Waals surface area contributed by atoms with Crippen molar-refractivity contribution < 1.29 is 0 Å². The minimum absolute atomic E-state index is 0.240. The summed E-state index contributed by atoms with van der Waals surface area (Å²) in [6.07, 6.45) is 2.07. The van der Waals surface area contributed by atoms with E-state index in [0.29, 0.717) is 0 Å². The standard InChI is InChI=1S/C19H23N3/c1-12-8-6-9-13(2)18(12)15(4)20-17-10-7-11-22-16(5)14(3)21-19(17)22/h6-11,15,20H,1-5H3. The quantitative estimate of drug-likeness (QED) is 0.755. The van der Waals surface area contributed by atoms with Gasteiger partial charge in [0.05, 0.1) is 11.4 Å². The largest absolute Gasteiger partial charge is 0.375 e. The zero-order valence-corrected chi connectivity index (χ0v) is 13.9. The molecule has 0 aliphatic rings. The second kappa shape index (κ2) is 5.48. The number of fused-ring (bicyclic) bond motifs is 1. The molecule has 1 aromatic carbocycles. The molecule has 0 aliphatic carbocycles. The number of aryl methyl sites for hydroxylation is 4. The molecule has 0 spiro atoms. The summed E-state index contributed by atoms with van der Waals surface area (Å²) in [7, 11) is 0. The number of aromatic nitrogens is 2. The highest BCUT2D eigenvalue weighted by Crippen LogP contribution is 2.27. The van der Waals surface area contributed by atoms with Crippen LogP contribution in [0.5, 0.6) is 0 Å². The smallest absolute Gasteiger partial charge is 0.160 e. The molecular formula is C19H23N3. The first-order chi connectivity index (χ1) is 10.5. The van der Waals surface area contributed by atoms with E-state index in [2.05, 4.69) is 80.9 Å². The fourth-order valence-electron chi connectivity index (χ4n) is 3.23. The van der Waals surface area contributed by atoms with E-state index in [-0.39, 0.29) is 6.04 Å². The predicted octanol–water partition coefficient (Wildman–Crippen LogP) is 4.74. The first kappa shape index (κ1) is 14.6. The number of hydrogen-bond donors (Lipinski definition) is 1. The van der Waals surface area contributed by atoms with Crippen molar-refractivity contribution in [3.63, 3.8) is 0 Å². The van der Waals surface area contributed by atoms with E-state index < -0.39 is 0 Å². The molecule has 0 saturated carbocycles. The van der Waals surface area contributed by atoms with Gasteiger partial charge < -0.3 is 9.72 Å². The van der Waals surface area contributed by atoms with Crippen molar-refractivity contribution in [3.8, 4) is 0 Å². The van der Waals surface area contributed by atoms with Gasteiger partial charge in [0.25, 0.3) is 0 Å². The first-order valence-corrected chi connectivity index (χ1v) is 7.76. The Kier molecular flexibility index (Phi) is 3.65. The molecule has 0 fully saturated rings. The molecule has 0 amide bonds. The number of anilines is 1. The number of pyridine rings is 1. The Balaban J connectivity index is 2.01. The molecule has 2 heterocycles. The van der Waals surface area contributed by atoms with Gasteiger partial charge in [-0.25, -0.2) is 4.98 Å². The van der Waals surface area contributed by atoms with Gasteiger partial charge in [0.1, 0.15) is 0 Å². The third-order valence-corrected chi connectivity index (χ3v) is 4.47. The minimum atomic E-state index is 0.240. The Morgan fingerprint density at radius 3 is 2.36 bits per heavy atom. The van der Waals surface area contributed by atoms with Crippen molar-refractivity contribution in [2.45, 2.75) is 40.7 Å². The van der Waals surface area contributed by atoms with Gasteiger partial charge in [0.2, 0.25) is 0 Å². The maximum absolute atomic E-state index is 4.70. The lowest BCUT2D eigenvalue weighted by molar-refractivity contribution is 0.862. The van der Waals surface area contributed by atoms with E-state index in [1.807, 2.05) is 0 Å². The highest BCUT2D eigenvalue weighted by atomic mass is 15.1. The monoisotopic (exact) mass is 293 g/mol. The normalized spacial score (nSPS) is 12.6. The van der Waals surface area contributed by atoms with Crippen LogP contribution in [0.4, 0.5) is 5.69 Å². The van der Waals surface area contributed by atoms with Gasteiger partial charge in [0.15, 0.2) is 5.65 Å². The molecule has 2 aromatic heterocycles. The van der Waals surface area contributed by atoms with Crippen LogP contribution >= 0.6 is 0 Å². The van der Waals surface area contributed by atoms with Crippen LogP contribution in [-0.4, -0.2) is 9.38 Å². The van der Waals surface area contributed by atoms with Gasteiger partial charge in [-0.3, -0.25) is 0 Å². The molecule has 1 unspecified atom stereocenters. The average molecular weight is 293 g/mol. The molecule has 3 nitrogen and oxygen atoms in total. The molecule has 1 atom stereocenters. The zero-order valence-electron chi connectivity index (χ0n) is 13.9. The van der Waals surface area contributed by atoms with Crippen molar-refractivity contribution in [2.24, 2.45) is 0 Å². The Bertz CT molecular complexity index is 810. The van der Waals surface area contributed by atoms with Crippen molar-refractivity contribution in [1.29, 1.82) is 0 Å². The van der Waals surface area contributed by atoms with Crippen LogP contribution in [0.1, 0.15) is 41.0 Å². The van der Waals surface area contributed by atoms with E-state index >= 15 is 0 Å². The van der Waals surface area contributed by atoms with Gasteiger partial charge in [0, 0.05) is 17.9 Å². The second-order valence-electron chi connectivity index (χ2n) is 6.07. The lowest BCUT2D eigenvalue weighted by atomic mass is 9.97. The van der Waals surface area contributed by atoms with Crippen LogP contribution in [0.3, 0.4) is 0 Å². The molecule has 3 rings (SSSR count). The Hall–Kier alpha value is -2.29. The number of benzene rings is 1. The van der Waals surface area contributed by atoms with E-state index in [9.17, 15) is 0 Å². The topological polar surface area (TPSA) is 29.3 Å². The molecule has 0 bridgehead atoms. The molecule has 0 saturated heterocycles. The van der Waals surface area contributed by atoms with Gasteiger partial charge >= 0.3 is 0 Å². The second-order valence-corrected chi connectivity index (χ2v) is 6.07. The molecule has 3 heteroatoms. The van der Waals surface area contributed by atoms with Gasteiger partial charge in [-0.05, 0) is 63.4 Å². The maximum atomic E-state index is 4.70. The highest BCUT2D eigenvalue weighted by molar-refractivity contribution is 5.69. The lowest BCUT2D eigenvalue weighted by Gasteiger charge is -2.20. The van der Waals surface area contributed by atoms with Gasteiger partial charge in [-0.1, -0.05) is 18.2 Å². The number of nitrogens with zero attached hydrogens (tertiary/aromatic N) is 2. The number of nitrogens with one attached hydrogen (secondary N) is 1. The molecular weight excluding hydrogens is 270 g/mol. The Morgan fingerprint density at radius 1 is 1.00 bits per heavy atom. The van der Waals surface area contributed by atoms with Gasteiger partial charge in [-0.15, -0.1) is 0 Å². The van der Waals surface area contributed by atoms with Crippen LogP contribution in [0, 0.1) is 27.7 Å². The summed E-state index contributed by atoms with van der Waals surface area (Å²) in [5.41, 5.74) is 8.35. The summed E-state index contributed by atoms with van der Waals surface area (Å²) in [5.74, 6) is 0. The lowest BCUT2D eigenvalue weighted by Crippen LogP contribution is -2.11. The van der Waals surface area contributed by atoms with E-state index in [1.165, 1.54) is 22.4 Å². The number of imidazole rings is 1. The summed E-state index contributed by atoms with van der Waals surface area (Å²) in [6.45, 7) is 10.7. The molecule has 0 radical (unpaired) electrons. The number of rotatable bonds is 3. The maximum Gasteiger partial charge on any atom is 0.160 e. The molecule has 1 N–H and O–H groups in total. The summed E-state index contributed by atoms with van der Waals surface area (Å²) >= 11 is 0. The van der Waals surface area contributed by atoms with Crippen molar-refractivity contribution in [1.82, 2.24) is 9.38 Å². The summed E-state index contributed by atoms with van der Waals surface area (Å²) in [4.78, 5) is 4.70. The number of hydrogen-bond acceptors (Lipinski definition) is 2. The van der Waals surface area contributed by atoms with Crippen molar-refractivity contribution >= 4 is 11.3 Å². The summed E-state index contributed by atoms with van der Waals surface area (Å²) in [6, 6.07) is 10.9. The SMILES string of the molecule is Cc1cccc(C)c1C(C)Nc1cccn2c(C)c(C)nc12. The fraction of sp³-hybridized carbons (Fsp3) is 0.316. The fourth-order valence-corrected chi connectivity index (χ4v) is 3.23. The van der Waals surface area contributed by atoms with Crippen LogP contribution in [0.2, 0.25) is 0 Å². The average Bonchev–Trinajstić information content (AvgIpc) is 2.76. The van der Waals surface area contributed by atoms with Crippen LogP contribution in [0.25, 0.3) is 5.65 Å². The molecule has 0 aliphatic heterocycles. The summed E-state index contributed by atoms with van der Waals surface area (Å²) < 4.78 is 2.15. The van der Waals surface area contributed by atoms with E-state index in [1.54, 1.807) is 0 Å². The Labute approximate surface area is 132 Å². The van der Waals surface area contributed by atoms with Crippen molar-refractivity contribution in [3.05, 3.63) is 64.6 Å². The van der Waals surface area contributed by atoms with Crippen LogP contribution in [-0.2, 0) is 0 Å². The van der Waals surface area contributed by atoms with Crippen LogP contribution in [0.15, 0.2) is 36.5 Å². The molecule has 3 aromatic rings.